The summed E-state index contributed by atoms with van der Waals surface area (Å²) < 4.78 is 45.4. The lowest BCUT2D eigenvalue weighted by Gasteiger charge is -2.30. The van der Waals surface area contributed by atoms with Gasteiger partial charge in [0.2, 0.25) is 15.9 Å². The van der Waals surface area contributed by atoms with Crippen molar-refractivity contribution in [1.82, 2.24) is 0 Å². The Balaban J connectivity index is 1.80. The maximum atomic E-state index is 14.3. The molecule has 2 aromatic rings. The largest absolute Gasteiger partial charge is 0.378 e. The molecule has 3 rings (SSSR count). The third kappa shape index (κ3) is 5.09. The molecule has 2 aromatic carbocycles. The molecule has 0 aliphatic carbocycles. The Morgan fingerprint density at radius 1 is 1.17 bits per heavy atom. The molecule has 1 saturated heterocycles. The zero-order valence-electron chi connectivity index (χ0n) is 17.0. The Bertz CT molecular complexity index is 976. The third-order valence-electron chi connectivity index (χ3n) is 4.93. The second-order valence-corrected chi connectivity index (χ2v) is 8.93. The average Bonchev–Trinajstić information content (AvgIpc) is 2.73. The molecule has 0 radical (unpaired) electrons. The molecule has 0 bridgehead atoms. The minimum absolute atomic E-state index is 0.148. The predicted octanol–water partition coefficient (Wildman–Crippen LogP) is 2.85. The number of nitrogens with zero attached hydrogens (tertiary/aromatic N) is 2. The van der Waals surface area contributed by atoms with Gasteiger partial charge in [0.15, 0.2) is 0 Å². The molecule has 0 spiro atoms. The first-order chi connectivity index (χ1) is 14.3. The van der Waals surface area contributed by atoms with Crippen LogP contribution in [0.15, 0.2) is 48.5 Å². The molecule has 162 valence electrons. The minimum Gasteiger partial charge on any atom is -0.378 e. The molecule has 1 fully saturated rings. The number of rotatable bonds is 7. The maximum Gasteiger partial charge on any atom is 0.248 e. The average molecular weight is 436 g/mol. The van der Waals surface area contributed by atoms with Crippen molar-refractivity contribution in [2.24, 2.45) is 0 Å². The highest BCUT2D eigenvalue weighted by molar-refractivity contribution is 7.92. The van der Waals surface area contributed by atoms with Crippen LogP contribution in [-0.4, -0.2) is 52.9 Å². The monoisotopic (exact) mass is 435 g/mol. The SMILES string of the molecule is CC[C@H](C(=O)Nc1ccc(N2CCOCC2)cc1)N(c1ccccc1F)S(C)(=O)=O. The molecule has 0 saturated carbocycles. The van der Waals surface area contributed by atoms with Gasteiger partial charge in [0.1, 0.15) is 11.9 Å². The maximum absolute atomic E-state index is 14.3. The van der Waals surface area contributed by atoms with Crippen LogP contribution in [-0.2, 0) is 19.6 Å². The van der Waals surface area contributed by atoms with Gasteiger partial charge in [-0.05, 0) is 42.8 Å². The first kappa shape index (κ1) is 22.0. The molecule has 0 unspecified atom stereocenters. The zero-order chi connectivity index (χ0) is 21.7. The summed E-state index contributed by atoms with van der Waals surface area (Å²) in [5.74, 6) is -1.23. The first-order valence-electron chi connectivity index (χ1n) is 9.79. The predicted molar refractivity (Wildman–Crippen MR) is 116 cm³/mol. The van der Waals surface area contributed by atoms with E-state index in [-0.39, 0.29) is 12.1 Å². The lowest BCUT2D eigenvalue weighted by molar-refractivity contribution is -0.117. The zero-order valence-corrected chi connectivity index (χ0v) is 17.9. The number of amides is 1. The Morgan fingerprint density at radius 3 is 2.37 bits per heavy atom. The number of hydrogen-bond acceptors (Lipinski definition) is 5. The number of halogens is 1. The summed E-state index contributed by atoms with van der Waals surface area (Å²) in [5, 5.41) is 2.75. The van der Waals surface area contributed by atoms with Gasteiger partial charge in [-0.1, -0.05) is 19.1 Å². The van der Waals surface area contributed by atoms with Crippen molar-refractivity contribution < 1.29 is 22.3 Å². The van der Waals surface area contributed by atoms with Crippen LogP contribution in [0.5, 0.6) is 0 Å². The summed E-state index contributed by atoms with van der Waals surface area (Å²) in [4.78, 5) is 15.1. The van der Waals surface area contributed by atoms with E-state index < -0.39 is 27.8 Å². The van der Waals surface area contributed by atoms with Gasteiger partial charge in [-0.15, -0.1) is 0 Å². The van der Waals surface area contributed by atoms with Crippen LogP contribution in [0, 0.1) is 5.82 Å². The normalized spacial score (nSPS) is 15.5. The van der Waals surface area contributed by atoms with Gasteiger partial charge in [-0.2, -0.15) is 0 Å². The Labute approximate surface area is 176 Å². The van der Waals surface area contributed by atoms with Crippen molar-refractivity contribution in [1.29, 1.82) is 0 Å². The van der Waals surface area contributed by atoms with E-state index >= 15 is 0 Å². The van der Waals surface area contributed by atoms with Crippen LogP contribution in [0.4, 0.5) is 21.5 Å². The number of benzene rings is 2. The Kier molecular flexibility index (Phi) is 6.94. The summed E-state index contributed by atoms with van der Waals surface area (Å²) in [6.45, 7) is 4.64. The van der Waals surface area contributed by atoms with Gasteiger partial charge in [-0.3, -0.25) is 9.10 Å². The molecule has 9 heteroatoms. The quantitative estimate of drug-likeness (QED) is 0.724. The topological polar surface area (TPSA) is 79.0 Å². The number of anilines is 3. The second kappa shape index (κ2) is 9.44. The minimum atomic E-state index is -3.90. The highest BCUT2D eigenvalue weighted by atomic mass is 32.2. The number of sulfonamides is 1. The van der Waals surface area contributed by atoms with E-state index in [0.717, 1.165) is 29.3 Å². The van der Waals surface area contributed by atoms with Crippen molar-refractivity contribution in [3.8, 4) is 0 Å². The molecule has 7 nitrogen and oxygen atoms in total. The van der Waals surface area contributed by atoms with E-state index in [0.29, 0.717) is 18.9 Å². The summed E-state index contributed by atoms with van der Waals surface area (Å²) in [7, 11) is -3.90. The van der Waals surface area contributed by atoms with E-state index in [1.165, 1.54) is 24.3 Å². The number of hydrogen-bond donors (Lipinski definition) is 1. The van der Waals surface area contributed by atoms with E-state index in [1.54, 1.807) is 19.1 Å². The molecule has 1 aliphatic rings. The lowest BCUT2D eigenvalue weighted by Crippen LogP contribution is -2.47. The van der Waals surface area contributed by atoms with E-state index in [2.05, 4.69) is 10.2 Å². The van der Waals surface area contributed by atoms with Crippen molar-refractivity contribution in [3.05, 3.63) is 54.3 Å². The van der Waals surface area contributed by atoms with Crippen LogP contribution in [0.2, 0.25) is 0 Å². The highest BCUT2D eigenvalue weighted by Gasteiger charge is 2.33. The fraction of sp³-hybridized carbons (Fsp3) is 0.381. The van der Waals surface area contributed by atoms with Gasteiger partial charge in [-0.25, -0.2) is 12.8 Å². The van der Waals surface area contributed by atoms with Crippen molar-refractivity contribution in [3.63, 3.8) is 0 Å². The van der Waals surface area contributed by atoms with E-state index in [1.807, 2.05) is 12.1 Å². The number of carbonyl (C=O) groups is 1. The lowest BCUT2D eigenvalue weighted by atomic mass is 10.1. The highest BCUT2D eigenvalue weighted by Crippen LogP contribution is 2.26. The molecule has 30 heavy (non-hydrogen) atoms. The Hall–Kier alpha value is -2.65. The Morgan fingerprint density at radius 2 is 1.80 bits per heavy atom. The van der Waals surface area contributed by atoms with Crippen molar-refractivity contribution >= 4 is 33.0 Å². The van der Waals surface area contributed by atoms with Crippen LogP contribution >= 0.6 is 0 Å². The van der Waals surface area contributed by atoms with Gasteiger partial charge >= 0.3 is 0 Å². The van der Waals surface area contributed by atoms with Crippen molar-refractivity contribution in [2.45, 2.75) is 19.4 Å². The fourth-order valence-corrected chi connectivity index (χ4v) is 4.68. The van der Waals surface area contributed by atoms with Crippen LogP contribution in [0.25, 0.3) is 0 Å². The molecule has 1 heterocycles. The number of ether oxygens (including phenoxy) is 1. The number of carbonyl (C=O) groups excluding carboxylic acids is 1. The summed E-state index contributed by atoms with van der Waals surface area (Å²) in [6.07, 6.45) is 1.14. The summed E-state index contributed by atoms with van der Waals surface area (Å²) in [5.41, 5.74) is 1.41. The van der Waals surface area contributed by atoms with E-state index in [9.17, 15) is 17.6 Å². The summed E-state index contributed by atoms with van der Waals surface area (Å²) >= 11 is 0. The molecule has 1 aliphatic heterocycles. The number of para-hydroxylation sites is 1. The van der Waals surface area contributed by atoms with Crippen LogP contribution in [0.1, 0.15) is 13.3 Å². The molecule has 1 atom stereocenters. The summed E-state index contributed by atoms with van der Waals surface area (Å²) in [6, 6.07) is 11.8. The second-order valence-electron chi connectivity index (χ2n) is 7.07. The van der Waals surface area contributed by atoms with Gasteiger partial charge in [0.05, 0.1) is 25.2 Å². The molecular weight excluding hydrogens is 409 g/mol. The van der Waals surface area contributed by atoms with Gasteiger partial charge in [0.25, 0.3) is 0 Å². The third-order valence-corrected chi connectivity index (χ3v) is 6.10. The van der Waals surface area contributed by atoms with Gasteiger partial charge in [0, 0.05) is 24.5 Å². The number of nitrogens with one attached hydrogen (secondary N) is 1. The first-order valence-corrected chi connectivity index (χ1v) is 11.6. The fourth-order valence-electron chi connectivity index (χ4n) is 3.47. The standard InChI is InChI=1S/C21H26FN3O4S/c1-3-19(25(30(2,27)28)20-7-5-4-6-18(20)22)21(26)23-16-8-10-17(11-9-16)24-12-14-29-15-13-24/h4-11,19H,3,12-15H2,1-2H3,(H,23,26)/t19-/m1/s1. The van der Waals surface area contributed by atoms with E-state index in [4.69, 9.17) is 4.74 Å². The van der Waals surface area contributed by atoms with Crippen LogP contribution < -0.4 is 14.5 Å². The number of morpholine rings is 1. The van der Waals surface area contributed by atoms with Crippen molar-refractivity contribution in [2.75, 3.05) is 47.1 Å². The molecule has 1 N–H and O–H groups in total. The molecular formula is C21H26FN3O4S. The smallest absolute Gasteiger partial charge is 0.248 e. The van der Waals surface area contributed by atoms with Crippen LogP contribution in [0.3, 0.4) is 0 Å². The van der Waals surface area contributed by atoms with Gasteiger partial charge < -0.3 is 15.0 Å². The molecule has 0 aromatic heterocycles. The molecule has 1 amide bonds.